The van der Waals surface area contributed by atoms with Crippen LogP contribution in [0.5, 0.6) is 0 Å². The molecule has 0 aromatic heterocycles. The van der Waals surface area contributed by atoms with Crippen LogP contribution in [-0.4, -0.2) is 18.5 Å². The van der Waals surface area contributed by atoms with Crippen LogP contribution in [0.4, 0.5) is 0 Å². The molecule has 1 heteroatoms. The summed E-state index contributed by atoms with van der Waals surface area (Å²) < 4.78 is 0. The van der Waals surface area contributed by atoms with Crippen LogP contribution in [0.1, 0.15) is 39.5 Å². The number of likely N-dealkylation sites (tertiary alicyclic amines) is 1. The van der Waals surface area contributed by atoms with Gasteiger partial charge in [-0.1, -0.05) is 26.8 Å². The second kappa shape index (κ2) is 3.51. The molecule has 0 aromatic rings. The maximum Gasteiger partial charge on any atom is 0.0171 e. The molecule has 0 spiro atoms. The fourth-order valence-corrected chi connectivity index (χ4v) is 1.98. The third kappa shape index (κ3) is 1.65. The highest BCUT2D eigenvalue weighted by molar-refractivity contribution is 5.08. The van der Waals surface area contributed by atoms with Crippen LogP contribution in [0.15, 0.2) is 12.3 Å². The molecule has 0 saturated carbocycles. The van der Waals surface area contributed by atoms with E-state index < -0.39 is 0 Å². The fourth-order valence-electron chi connectivity index (χ4n) is 1.98. The minimum atomic E-state index is 0.366. The molecule has 1 atom stereocenters. The smallest absolute Gasteiger partial charge is 0.0171 e. The van der Waals surface area contributed by atoms with E-state index in [1.54, 1.807) is 0 Å². The van der Waals surface area contributed by atoms with Gasteiger partial charge in [0.2, 0.25) is 0 Å². The highest BCUT2D eigenvalue weighted by Gasteiger charge is 2.29. The Labute approximate surface area is 76.5 Å². The summed E-state index contributed by atoms with van der Waals surface area (Å²) in [6, 6.07) is 0. The summed E-state index contributed by atoms with van der Waals surface area (Å²) in [5.74, 6) is 0. The molecule has 0 aromatic carbocycles. The molecule has 0 aliphatic carbocycles. The quantitative estimate of drug-likeness (QED) is 0.580. The van der Waals surface area contributed by atoms with Gasteiger partial charge in [-0.05, 0) is 19.3 Å². The molecular weight excluding hydrogens is 146 g/mol. The van der Waals surface area contributed by atoms with Crippen molar-refractivity contribution in [1.29, 1.82) is 0 Å². The predicted molar refractivity (Wildman–Crippen MR) is 54.0 cm³/mol. The van der Waals surface area contributed by atoms with Crippen LogP contribution in [0.25, 0.3) is 0 Å². The van der Waals surface area contributed by atoms with E-state index in [0.29, 0.717) is 5.41 Å². The molecule has 1 aliphatic heterocycles. The molecule has 1 unspecified atom stereocenters. The lowest BCUT2D eigenvalue weighted by molar-refractivity contribution is 0.281. The first-order valence-corrected chi connectivity index (χ1v) is 5.00. The van der Waals surface area contributed by atoms with Crippen molar-refractivity contribution in [2.75, 3.05) is 13.6 Å². The standard InChI is InChI=1S/C11H21N/c1-5-11(3)8-6-7-9-12(4)10(11)2/h2,5-9H2,1,3-4H3. The lowest BCUT2D eigenvalue weighted by Crippen LogP contribution is -2.27. The zero-order valence-electron chi connectivity index (χ0n) is 8.69. The maximum atomic E-state index is 4.21. The zero-order chi connectivity index (χ0) is 9.19. The Bertz CT molecular complexity index is 174. The molecule has 70 valence electrons. The van der Waals surface area contributed by atoms with Crippen LogP contribution < -0.4 is 0 Å². The van der Waals surface area contributed by atoms with Gasteiger partial charge in [-0.3, -0.25) is 0 Å². The van der Waals surface area contributed by atoms with Crippen LogP contribution in [-0.2, 0) is 0 Å². The average molecular weight is 167 g/mol. The summed E-state index contributed by atoms with van der Waals surface area (Å²) in [4.78, 5) is 2.33. The number of allylic oxidation sites excluding steroid dienone is 1. The third-order valence-corrected chi connectivity index (χ3v) is 3.41. The molecule has 1 fully saturated rings. The van der Waals surface area contributed by atoms with Gasteiger partial charge in [0.25, 0.3) is 0 Å². The minimum absolute atomic E-state index is 0.366. The Morgan fingerprint density at radius 1 is 1.50 bits per heavy atom. The molecule has 12 heavy (non-hydrogen) atoms. The van der Waals surface area contributed by atoms with Crippen LogP contribution in [0.2, 0.25) is 0 Å². The Morgan fingerprint density at radius 3 is 2.75 bits per heavy atom. The Hall–Kier alpha value is -0.460. The van der Waals surface area contributed by atoms with Crippen molar-refractivity contribution in [1.82, 2.24) is 4.90 Å². The first-order valence-electron chi connectivity index (χ1n) is 5.00. The summed E-state index contributed by atoms with van der Waals surface area (Å²) in [5.41, 5.74) is 1.70. The van der Waals surface area contributed by atoms with Crippen molar-refractivity contribution in [2.24, 2.45) is 5.41 Å². The minimum Gasteiger partial charge on any atom is -0.378 e. The van der Waals surface area contributed by atoms with Crippen LogP contribution in [0.3, 0.4) is 0 Å². The number of rotatable bonds is 1. The van der Waals surface area contributed by atoms with Crippen molar-refractivity contribution >= 4 is 0 Å². The van der Waals surface area contributed by atoms with E-state index in [4.69, 9.17) is 0 Å². The van der Waals surface area contributed by atoms with Crippen LogP contribution >= 0.6 is 0 Å². The van der Waals surface area contributed by atoms with Gasteiger partial charge < -0.3 is 4.90 Å². The Balaban J connectivity index is 2.77. The predicted octanol–water partition coefficient (Wildman–Crippen LogP) is 3.03. The van der Waals surface area contributed by atoms with E-state index in [0.717, 1.165) is 0 Å². The highest BCUT2D eigenvalue weighted by atomic mass is 15.1. The summed E-state index contributed by atoms with van der Waals surface area (Å²) in [5, 5.41) is 0. The Morgan fingerprint density at radius 2 is 2.17 bits per heavy atom. The maximum absolute atomic E-state index is 4.21. The molecule has 0 radical (unpaired) electrons. The normalized spacial score (nSPS) is 31.9. The molecule has 1 saturated heterocycles. The summed E-state index contributed by atoms with van der Waals surface area (Å²) in [7, 11) is 2.17. The highest BCUT2D eigenvalue weighted by Crippen LogP contribution is 2.38. The average Bonchev–Trinajstić information content (AvgIpc) is 2.20. The number of hydrogen-bond acceptors (Lipinski definition) is 1. The van der Waals surface area contributed by atoms with E-state index in [1.165, 1.54) is 37.9 Å². The van der Waals surface area contributed by atoms with E-state index >= 15 is 0 Å². The van der Waals surface area contributed by atoms with Crippen molar-refractivity contribution in [3.8, 4) is 0 Å². The molecule has 0 N–H and O–H groups in total. The van der Waals surface area contributed by atoms with Crippen molar-refractivity contribution in [2.45, 2.75) is 39.5 Å². The monoisotopic (exact) mass is 167 g/mol. The van der Waals surface area contributed by atoms with E-state index in [2.05, 4.69) is 32.4 Å². The first kappa shape index (κ1) is 9.63. The largest absolute Gasteiger partial charge is 0.378 e. The fraction of sp³-hybridized carbons (Fsp3) is 0.818. The van der Waals surface area contributed by atoms with Crippen molar-refractivity contribution in [3.63, 3.8) is 0 Å². The van der Waals surface area contributed by atoms with Crippen LogP contribution in [0, 0.1) is 5.41 Å². The van der Waals surface area contributed by atoms with Gasteiger partial charge in [-0.15, -0.1) is 0 Å². The number of nitrogens with zero attached hydrogens (tertiary/aromatic N) is 1. The number of hydrogen-bond donors (Lipinski definition) is 0. The Kier molecular flexibility index (Phi) is 2.81. The SMILES string of the molecule is C=C1N(C)CCCCC1(C)CC. The third-order valence-electron chi connectivity index (χ3n) is 3.41. The van der Waals surface area contributed by atoms with Crippen molar-refractivity contribution < 1.29 is 0 Å². The molecule has 1 heterocycles. The van der Waals surface area contributed by atoms with Gasteiger partial charge in [0.05, 0.1) is 0 Å². The molecule has 0 amide bonds. The van der Waals surface area contributed by atoms with Gasteiger partial charge >= 0.3 is 0 Å². The first-order chi connectivity index (χ1) is 5.60. The summed E-state index contributed by atoms with van der Waals surface area (Å²) >= 11 is 0. The second-order valence-electron chi connectivity index (χ2n) is 4.24. The summed E-state index contributed by atoms with van der Waals surface area (Å²) in [6.07, 6.45) is 5.21. The molecule has 1 nitrogen and oxygen atoms in total. The van der Waals surface area contributed by atoms with Gasteiger partial charge in [0.15, 0.2) is 0 Å². The zero-order valence-corrected chi connectivity index (χ0v) is 8.69. The van der Waals surface area contributed by atoms with Crippen molar-refractivity contribution in [3.05, 3.63) is 12.3 Å². The van der Waals surface area contributed by atoms with E-state index in [-0.39, 0.29) is 0 Å². The topological polar surface area (TPSA) is 3.24 Å². The lowest BCUT2D eigenvalue weighted by atomic mass is 9.80. The molecule has 0 bridgehead atoms. The van der Waals surface area contributed by atoms with Gasteiger partial charge in [0.1, 0.15) is 0 Å². The molecular formula is C11H21N. The lowest BCUT2D eigenvalue weighted by Gasteiger charge is -2.33. The second-order valence-corrected chi connectivity index (χ2v) is 4.24. The van der Waals surface area contributed by atoms with Gasteiger partial charge in [-0.2, -0.15) is 0 Å². The molecule has 1 aliphatic rings. The molecule has 1 rings (SSSR count). The van der Waals surface area contributed by atoms with Gasteiger partial charge in [0, 0.05) is 24.7 Å². The van der Waals surface area contributed by atoms with E-state index in [1.807, 2.05) is 0 Å². The van der Waals surface area contributed by atoms with Gasteiger partial charge in [-0.25, -0.2) is 0 Å². The summed E-state index contributed by atoms with van der Waals surface area (Å²) in [6.45, 7) is 10.0. The van der Waals surface area contributed by atoms with E-state index in [9.17, 15) is 0 Å².